The normalized spacial score (nSPS) is 9.13. The van der Waals surface area contributed by atoms with Crippen LogP contribution < -0.4 is 0 Å². The third-order valence-corrected chi connectivity index (χ3v) is 2.00. The molecule has 2 aromatic rings. The Hall–Kier alpha value is -1.96. The van der Waals surface area contributed by atoms with E-state index in [0.717, 1.165) is 10.8 Å². The van der Waals surface area contributed by atoms with Gasteiger partial charge >= 0.3 is 5.97 Å². The molecule has 2 rings (SSSR count). The first-order valence-electron chi connectivity index (χ1n) is 4.70. The van der Waals surface area contributed by atoms with E-state index in [4.69, 9.17) is 5.11 Å². The predicted octanol–water partition coefficient (Wildman–Crippen LogP) is 3.38. The molecule has 0 aliphatic heterocycles. The first kappa shape index (κ1) is 11.1. The lowest BCUT2D eigenvalue weighted by Gasteiger charge is -1.98. The maximum Gasteiger partial charge on any atom is 0.335 e. The lowest BCUT2D eigenvalue weighted by Crippen LogP contribution is -1.94. The van der Waals surface area contributed by atoms with Crippen LogP contribution in [-0.4, -0.2) is 11.1 Å². The van der Waals surface area contributed by atoms with Crippen molar-refractivity contribution in [3.8, 4) is 0 Å². The van der Waals surface area contributed by atoms with Gasteiger partial charge in [-0.2, -0.15) is 0 Å². The Labute approximate surface area is 89.2 Å². The van der Waals surface area contributed by atoms with Crippen molar-refractivity contribution < 1.29 is 9.90 Å². The maximum absolute atomic E-state index is 10.6. The molecule has 0 unspecified atom stereocenters. The van der Waals surface area contributed by atoms with Crippen molar-refractivity contribution in [3.63, 3.8) is 0 Å². The highest BCUT2D eigenvalue weighted by molar-refractivity contribution is 5.94. The molecule has 0 aliphatic rings. The summed E-state index contributed by atoms with van der Waals surface area (Å²) < 4.78 is 0. The molecule has 0 saturated carbocycles. The van der Waals surface area contributed by atoms with Gasteiger partial charge in [-0.05, 0) is 22.9 Å². The van der Waals surface area contributed by atoms with Crippen LogP contribution in [0.15, 0.2) is 42.5 Å². The van der Waals surface area contributed by atoms with Crippen LogP contribution >= 0.6 is 0 Å². The lowest BCUT2D eigenvalue weighted by molar-refractivity contribution is 0.0697. The first-order valence-corrected chi connectivity index (χ1v) is 4.70. The maximum atomic E-state index is 10.6. The Morgan fingerprint density at radius 3 is 2.27 bits per heavy atom. The zero-order valence-electron chi connectivity index (χ0n) is 8.60. The van der Waals surface area contributed by atoms with E-state index in [1.54, 1.807) is 19.1 Å². The SMILES string of the molecule is O=C(O)c1ccc2ccccc2c1.[CH2+]C. The highest BCUT2D eigenvalue weighted by Crippen LogP contribution is 2.15. The molecule has 0 aliphatic carbocycles. The lowest BCUT2D eigenvalue weighted by atomic mass is 10.1. The molecule has 0 spiro atoms. The molecule has 0 aromatic heterocycles. The number of hydrogen-bond acceptors (Lipinski definition) is 1. The number of hydrogen-bond donors (Lipinski definition) is 1. The van der Waals surface area contributed by atoms with Crippen molar-refractivity contribution in [2.24, 2.45) is 0 Å². The van der Waals surface area contributed by atoms with Crippen LogP contribution in [0, 0.1) is 6.92 Å². The van der Waals surface area contributed by atoms with Gasteiger partial charge in [0.05, 0.1) is 19.4 Å². The quantitative estimate of drug-likeness (QED) is 0.718. The Morgan fingerprint density at radius 2 is 1.67 bits per heavy atom. The minimum absolute atomic E-state index is 0.332. The van der Waals surface area contributed by atoms with E-state index in [-0.39, 0.29) is 0 Å². The van der Waals surface area contributed by atoms with Crippen LogP contribution in [0.4, 0.5) is 0 Å². The summed E-state index contributed by atoms with van der Waals surface area (Å²) in [4.78, 5) is 10.6. The van der Waals surface area contributed by atoms with E-state index in [0.29, 0.717) is 5.56 Å². The Kier molecular flexibility index (Phi) is 3.75. The van der Waals surface area contributed by atoms with Crippen molar-refractivity contribution in [3.05, 3.63) is 55.0 Å². The van der Waals surface area contributed by atoms with E-state index < -0.39 is 5.97 Å². The zero-order chi connectivity index (χ0) is 11.3. The van der Waals surface area contributed by atoms with Crippen molar-refractivity contribution >= 4 is 16.7 Å². The summed E-state index contributed by atoms with van der Waals surface area (Å²) in [7, 11) is 0. The topological polar surface area (TPSA) is 37.3 Å². The molecule has 0 fully saturated rings. The van der Waals surface area contributed by atoms with Gasteiger partial charge in [0.15, 0.2) is 0 Å². The number of aromatic carboxylic acids is 1. The zero-order valence-corrected chi connectivity index (χ0v) is 8.60. The van der Waals surface area contributed by atoms with E-state index in [9.17, 15) is 4.79 Å². The number of carboxylic acid groups (broad SMARTS) is 1. The van der Waals surface area contributed by atoms with E-state index in [1.807, 2.05) is 30.3 Å². The van der Waals surface area contributed by atoms with Gasteiger partial charge in [0.25, 0.3) is 0 Å². The first-order chi connectivity index (χ1) is 7.27. The van der Waals surface area contributed by atoms with Gasteiger partial charge in [-0.3, -0.25) is 0 Å². The van der Waals surface area contributed by atoms with Gasteiger partial charge in [-0.1, -0.05) is 30.3 Å². The van der Waals surface area contributed by atoms with Crippen LogP contribution in [0.2, 0.25) is 0 Å². The van der Waals surface area contributed by atoms with Crippen molar-refractivity contribution in [2.75, 3.05) is 0 Å². The fourth-order valence-corrected chi connectivity index (χ4v) is 1.32. The molecule has 2 heteroatoms. The molecule has 2 nitrogen and oxygen atoms in total. The summed E-state index contributed by atoms with van der Waals surface area (Å²) in [5, 5.41) is 10.8. The van der Waals surface area contributed by atoms with Gasteiger partial charge in [-0.15, -0.1) is 0 Å². The monoisotopic (exact) mass is 201 g/mol. The minimum atomic E-state index is -0.884. The molecule has 0 saturated heterocycles. The van der Waals surface area contributed by atoms with Crippen LogP contribution in [0.1, 0.15) is 17.3 Å². The fraction of sp³-hybridized carbons (Fsp3) is 0.0769. The highest BCUT2D eigenvalue weighted by atomic mass is 16.4. The smallest absolute Gasteiger partial charge is 0.335 e. The third kappa shape index (κ3) is 2.50. The number of benzene rings is 2. The van der Waals surface area contributed by atoms with E-state index in [1.165, 1.54) is 0 Å². The summed E-state index contributed by atoms with van der Waals surface area (Å²) in [5.74, 6) is -0.884. The summed E-state index contributed by atoms with van der Waals surface area (Å²) >= 11 is 0. The van der Waals surface area contributed by atoms with E-state index >= 15 is 0 Å². The van der Waals surface area contributed by atoms with Gasteiger partial charge in [0.2, 0.25) is 0 Å². The Morgan fingerprint density at radius 1 is 1.07 bits per heavy atom. The van der Waals surface area contributed by atoms with E-state index in [2.05, 4.69) is 6.92 Å². The predicted molar refractivity (Wildman–Crippen MR) is 61.9 cm³/mol. The molecule has 0 heterocycles. The van der Waals surface area contributed by atoms with Crippen LogP contribution in [0.5, 0.6) is 0 Å². The minimum Gasteiger partial charge on any atom is -0.478 e. The fourth-order valence-electron chi connectivity index (χ4n) is 1.32. The second-order valence-electron chi connectivity index (χ2n) is 2.87. The molecule has 76 valence electrons. The van der Waals surface area contributed by atoms with Gasteiger partial charge in [0.1, 0.15) is 0 Å². The second-order valence-corrected chi connectivity index (χ2v) is 2.87. The highest BCUT2D eigenvalue weighted by Gasteiger charge is 2.01. The van der Waals surface area contributed by atoms with Gasteiger partial charge < -0.3 is 5.11 Å². The third-order valence-electron chi connectivity index (χ3n) is 2.00. The molecule has 0 atom stereocenters. The Balaban J connectivity index is 0.000000531. The summed E-state index contributed by atoms with van der Waals surface area (Å²) in [6.45, 7) is 5.00. The Bertz CT molecular complexity index is 461. The molecule has 1 N–H and O–H groups in total. The van der Waals surface area contributed by atoms with Crippen molar-refractivity contribution in [2.45, 2.75) is 6.92 Å². The molecule has 0 bridgehead atoms. The number of carboxylic acids is 1. The molecule has 0 amide bonds. The summed E-state index contributed by atoms with van der Waals surface area (Å²) in [6, 6.07) is 12.8. The average molecular weight is 201 g/mol. The standard InChI is InChI=1S/C11H8O2.C2H5/c12-11(13)10-6-5-8-3-1-2-4-9(8)7-10;1-2/h1-7H,(H,12,13);1H2,2H3/q;+1. The molecular formula is C13H13O2+. The number of carbonyl (C=O) groups is 1. The summed E-state index contributed by atoms with van der Waals surface area (Å²) in [6.07, 6.45) is 0. The van der Waals surface area contributed by atoms with Crippen LogP contribution in [0.25, 0.3) is 10.8 Å². The number of rotatable bonds is 1. The van der Waals surface area contributed by atoms with Gasteiger partial charge in [0, 0.05) is 0 Å². The summed E-state index contributed by atoms with van der Waals surface area (Å²) in [5.41, 5.74) is 0.332. The largest absolute Gasteiger partial charge is 0.478 e. The molecule has 15 heavy (non-hydrogen) atoms. The average Bonchev–Trinajstić information content (AvgIpc) is 2.31. The van der Waals surface area contributed by atoms with Crippen LogP contribution in [0.3, 0.4) is 0 Å². The van der Waals surface area contributed by atoms with Crippen molar-refractivity contribution in [1.82, 2.24) is 0 Å². The van der Waals surface area contributed by atoms with Gasteiger partial charge in [-0.25, -0.2) is 4.79 Å². The molecular weight excluding hydrogens is 188 g/mol. The molecule has 0 radical (unpaired) electrons. The molecule has 2 aromatic carbocycles. The number of fused-ring (bicyclic) bond motifs is 1. The van der Waals surface area contributed by atoms with Crippen LogP contribution in [-0.2, 0) is 0 Å². The second kappa shape index (κ2) is 5.05. The van der Waals surface area contributed by atoms with Crippen molar-refractivity contribution in [1.29, 1.82) is 0 Å².